The number of benzene rings is 4. The number of anilines is 1. The van der Waals surface area contributed by atoms with Gasteiger partial charge in [0.05, 0.1) is 22.4 Å². The number of nitrogens with zero attached hydrogens (tertiary/aromatic N) is 2. The van der Waals surface area contributed by atoms with Crippen LogP contribution in [-0.2, 0) is 10.2 Å². The number of nitrogens with one attached hydrogen (secondary N) is 1. The van der Waals surface area contributed by atoms with Crippen molar-refractivity contribution in [1.29, 1.82) is 0 Å². The lowest BCUT2D eigenvalue weighted by Crippen LogP contribution is -2.49. The average Bonchev–Trinajstić information content (AvgIpc) is 3.55. The summed E-state index contributed by atoms with van der Waals surface area (Å²) in [6, 6.07) is 25.1. The fourth-order valence-corrected chi connectivity index (χ4v) is 7.22. The van der Waals surface area contributed by atoms with Gasteiger partial charge in [-0.25, -0.2) is 0 Å². The fourth-order valence-electron chi connectivity index (χ4n) is 7.22. The zero-order valence-corrected chi connectivity index (χ0v) is 24.0. The van der Waals surface area contributed by atoms with E-state index in [0.29, 0.717) is 17.0 Å². The second-order valence-electron chi connectivity index (χ2n) is 11.2. The molecule has 1 fully saturated rings. The summed E-state index contributed by atoms with van der Waals surface area (Å²) in [6.45, 7) is 3.85. The van der Waals surface area contributed by atoms with Crippen molar-refractivity contribution in [1.82, 2.24) is 4.90 Å². The van der Waals surface area contributed by atoms with E-state index in [1.165, 1.54) is 24.3 Å². The van der Waals surface area contributed by atoms with Crippen LogP contribution in [0.1, 0.15) is 43.4 Å². The van der Waals surface area contributed by atoms with Gasteiger partial charge in [-0.1, -0.05) is 79.4 Å². The molecule has 45 heavy (non-hydrogen) atoms. The number of amides is 1. The van der Waals surface area contributed by atoms with E-state index in [9.17, 15) is 19.7 Å². The predicted molar refractivity (Wildman–Crippen MR) is 168 cm³/mol. The average molecular weight is 598 g/mol. The van der Waals surface area contributed by atoms with Crippen LogP contribution in [0, 0.1) is 16.0 Å². The molecule has 222 valence electrons. The summed E-state index contributed by atoms with van der Waals surface area (Å²) in [5.74, 6) is -2.31. The van der Waals surface area contributed by atoms with Crippen LogP contribution in [0.25, 0.3) is 6.08 Å². The molecule has 0 aromatic heterocycles. The lowest BCUT2D eigenvalue weighted by atomic mass is 9.62. The van der Waals surface area contributed by atoms with Crippen LogP contribution in [0.15, 0.2) is 116 Å². The van der Waals surface area contributed by atoms with Crippen LogP contribution in [0.5, 0.6) is 5.75 Å². The number of rotatable bonds is 8. The van der Waals surface area contributed by atoms with Gasteiger partial charge >= 0.3 is 0 Å². The van der Waals surface area contributed by atoms with E-state index >= 15 is 4.79 Å². The van der Waals surface area contributed by atoms with Gasteiger partial charge in [-0.05, 0) is 41.0 Å². The van der Waals surface area contributed by atoms with E-state index in [1.807, 2.05) is 42.5 Å². The summed E-state index contributed by atoms with van der Waals surface area (Å²) in [5.41, 5.74) is 1.31. The highest BCUT2D eigenvalue weighted by atomic mass is 16.6. The van der Waals surface area contributed by atoms with Gasteiger partial charge in [-0.2, -0.15) is 0 Å². The second kappa shape index (κ2) is 10.7. The molecule has 0 radical (unpaired) electrons. The van der Waals surface area contributed by atoms with Crippen LogP contribution in [0.4, 0.5) is 11.4 Å². The zero-order valence-electron chi connectivity index (χ0n) is 24.0. The Bertz CT molecular complexity index is 1950. The molecule has 0 unspecified atom stereocenters. The van der Waals surface area contributed by atoms with Crippen molar-refractivity contribution in [3.05, 3.63) is 154 Å². The van der Waals surface area contributed by atoms with Gasteiger partial charge in [0.25, 0.3) is 5.69 Å². The maximum Gasteiger partial charge on any atom is 0.270 e. The molecule has 7 rings (SSSR count). The van der Waals surface area contributed by atoms with Crippen LogP contribution in [0.3, 0.4) is 0 Å². The van der Waals surface area contributed by atoms with E-state index in [1.54, 1.807) is 53.6 Å². The summed E-state index contributed by atoms with van der Waals surface area (Å²) < 4.78 is 5.88. The molecule has 0 aliphatic carbocycles. The van der Waals surface area contributed by atoms with Gasteiger partial charge in [0.1, 0.15) is 23.8 Å². The second-order valence-corrected chi connectivity index (χ2v) is 11.2. The van der Waals surface area contributed by atoms with Crippen LogP contribution < -0.4 is 10.1 Å². The largest absolute Gasteiger partial charge is 0.489 e. The van der Waals surface area contributed by atoms with Gasteiger partial charge < -0.3 is 15.0 Å². The van der Waals surface area contributed by atoms with Crippen molar-refractivity contribution in [2.75, 3.05) is 11.9 Å². The van der Waals surface area contributed by atoms with E-state index in [0.717, 1.165) is 11.1 Å². The molecule has 4 atom stereocenters. The molecule has 1 spiro atoms. The first-order valence-corrected chi connectivity index (χ1v) is 14.5. The Hall–Kier alpha value is -5.83. The smallest absolute Gasteiger partial charge is 0.270 e. The Labute approximate surface area is 258 Å². The molecule has 4 aromatic carbocycles. The zero-order chi connectivity index (χ0) is 31.3. The first kappa shape index (κ1) is 28.0. The monoisotopic (exact) mass is 597 g/mol. The number of hydrogen-bond donors (Lipinski definition) is 1. The lowest BCUT2D eigenvalue weighted by Gasteiger charge is -2.38. The SMILES string of the molecule is C=CCOc1ccccc1C(=O)[C@@H]1[C@H](C(=O)c2cccc([N+](=O)[O-])c2)N2C=Cc3ccccc3[C@@H]2[C@@]12C(=O)Nc1ccccc12. The Kier molecular flexibility index (Phi) is 6.66. The number of non-ortho nitro benzene ring substituents is 1. The summed E-state index contributed by atoms with van der Waals surface area (Å²) in [4.78, 5) is 57.4. The first-order chi connectivity index (χ1) is 21.9. The van der Waals surface area contributed by atoms with Crippen LogP contribution in [0.2, 0.25) is 0 Å². The number of fused-ring (bicyclic) bond motifs is 6. The Morgan fingerprint density at radius 1 is 0.978 bits per heavy atom. The highest BCUT2D eigenvalue weighted by molar-refractivity contribution is 6.17. The maximum atomic E-state index is 15.1. The molecule has 3 aliphatic heterocycles. The number of carbonyl (C=O) groups excluding carboxylic acids is 3. The molecule has 0 bridgehead atoms. The molecular formula is C36H27N3O6. The van der Waals surface area contributed by atoms with E-state index in [2.05, 4.69) is 11.9 Å². The number of para-hydroxylation sites is 2. The molecule has 3 heterocycles. The van der Waals surface area contributed by atoms with Crippen LogP contribution >= 0.6 is 0 Å². The van der Waals surface area contributed by atoms with E-state index in [-0.39, 0.29) is 23.4 Å². The molecule has 0 saturated carbocycles. The molecule has 1 amide bonds. The highest BCUT2D eigenvalue weighted by Crippen LogP contribution is 2.62. The third-order valence-electron chi connectivity index (χ3n) is 8.97. The summed E-state index contributed by atoms with van der Waals surface area (Å²) in [5, 5.41) is 14.7. The molecule has 3 aliphatic rings. The fraction of sp³-hybridized carbons (Fsp3) is 0.139. The summed E-state index contributed by atoms with van der Waals surface area (Å²) in [7, 11) is 0. The minimum atomic E-state index is -1.54. The molecule has 1 N–H and O–H groups in total. The Balaban J connectivity index is 1.52. The molecule has 9 nitrogen and oxygen atoms in total. The summed E-state index contributed by atoms with van der Waals surface area (Å²) >= 11 is 0. The van der Waals surface area contributed by atoms with E-state index < -0.39 is 45.8 Å². The number of nitro benzene ring substituents is 1. The Morgan fingerprint density at radius 2 is 1.73 bits per heavy atom. The molecule has 4 aromatic rings. The standard InChI is InChI=1S/C36H27N3O6/c1-2-20-45-29-17-8-5-14-26(29)33(41)30-31(32(40)23-11-9-12-24(21-23)39(43)44)38-19-18-22-10-3-4-13-25(22)34(38)36(30)27-15-6-7-16-28(27)37-35(36)42/h2-19,21,30-31,34H,1,20H2,(H,37,42)/t30-,31+,34+,36-/m0/s1. The van der Waals surface area contributed by atoms with Crippen LogP contribution in [-0.4, -0.2) is 39.9 Å². The number of ether oxygens (including phenoxy) is 1. The minimum absolute atomic E-state index is 0.0675. The van der Waals surface area contributed by atoms with Crippen molar-refractivity contribution in [2.24, 2.45) is 5.92 Å². The number of carbonyl (C=O) groups is 3. The lowest BCUT2D eigenvalue weighted by molar-refractivity contribution is -0.384. The minimum Gasteiger partial charge on any atom is -0.489 e. The van der Waals surface area contributed by atoms with E-state index in [4.69, 9.17) is 4.74 Å². The summed E-state index contributed by atoms with van der Waals surface area (Å²) in [6.07, 6.45) is 5.19. The van der Waals surface area contributed by atoms with Gasteiger partial charge in [-0.15, -0.1) is 0 Å². The number of ketones is 2. The first-order valence-electron chi connectivity index (χ1n) is 14.5. The third kappa shape index (κ3) is 4.11. The number of hydrogen-bond acceptors (Lipinski definition) is 7. The topological polar surface area (TPSA) is 119 Å². The molecular weight excluding hydrogens is 570 g/mol. The molecule has 1 saturated heterocycles. The highest BCUT2D eigenvalue weighted by Gasteiger charge is 2.71. The van der Waals surface area contributed by atoms with Gasteiger partial charge in [0.2, 0.25) is 5.91 Å². The van der Waals surface area contributed by atoms with Crippen molar-refractivity contribution >= 4 is 34.9 Å². The predicted octanol–water partition coefficient (Wildman–Crippen LogP) is 6.14. The van der Waals surface area contributed by atoms with Gasteiger partial charge in [0.15, 0.2) is 11.6 Å². The normalized spacial score (nSPS) is 22.3. The van der Waals surface area contributed by atoms with Gasteiger partial charge in [-0.3, -0.25) is 24.5 Å². The van der Waals surface area contributed by atoms with Crippen molar-refractivity contribution in [3.63, 3.8) is 0 Å². The maximum absolute atomic E-state index is 15.1. The number of nitro groups is 1. The van der Waals surface area contributed by atoms with Crippen molar-refractivity contribution in [3.8, 4) is 5.75 Å². The van der Waals surface area contributed by atoms with Gasteiger partial charge in [0, 0.05) is 29.6 Å². The third-order valence-corrected chi connectivity index (χ3v) is 8.97. The Morgan fingerprint density at radius 3 is 2.56 bits per heavy atom. The molecule has 9 heteroatoms. The van der Waals surface area contributed by atoms with Crippen molar-refractivity contribution in [2.45, 2.75) is 17.5 Å². The van der Waals surface area contributed by atoms with Crippen molar-refractivity contribution < 1.29 is 24.0 Å². The number of Topliss-reactive ketones (excluding diaryl/α,β-unsaturated/α-hetero) is 2. The quantitative estimate of drug-likeness (QED) is 0.112.